The summed E-state index contributed by atoms with van der Waals surface area (Å²) in [4.78, 5) is 0. The van der Waals surface area contributed by atoms with Gasteiger partial charge in [0.2, 0.25) is 0 Å². The summed E-state index contributed by atoms with van der Waals surface area (Å²) in [5.41, 5.74) is 13.3. The van der Waals surface area contributed by atoms with Gasteiger partial charge in [-0.3, -0.25) is 0 Å². The SMILES string of the molecule is Brc1cccc(-c2ccc(-c3ccc4c5ccccc5n(-c5ccc(-c6ccccc6-c6ccccc6)cc5)c4c3)cc2)c1. The Labute approximate surface area is 265 Å². The Morgan fingerprint density at radius 3 is 1.57 bits per heavy atom. The predicted octanol–water partition coefficient (Wildman–Crippen LogP) is 12.2. The van der Waals surface area contributed by atoms with Gasteiger partial charge in [0.25, 0.3) is 0 Å². The maximum Gasteiger partial charge on any atom is 0.0547 e. The Kier molecular flexibility index (Phi) is 6.70. The number of hydrogen-bond acceptors (Lipinski definition) is 0. The Bertz CT molecular complexity index is 2260. The van der Waals surface area contributed by atoms with Crippen LogP contribution in [0.4, 0.5) is 0 Å². The van der Waals surface area contributed by atoms with E-state index in [4.69, 9.17) is 0 Å². The van der Waals surface area contributed by atoms with Crippen molar-refractivity contribution >= 4 is 37.7 Å². The molecule has 0 unspecified atom stereocenters. The van der Waals surface area contributed by atoms with Gasteiger partial charge in [0.15, 0.2) is 0 Å². The van der Waals surface area contributed by atoms with Crippen molar-refractivity contribution in [3.63, 3.8) is 0 Å². The third kappa shape index (κ3) is 4.74. The highest BCUT2D eigenvalue weighted by molar-refractivity contribution is 9.10. The number of benzene rings is 7. The van der Waals surface area contributed by atoms with E-state index >= 15 is 0 Å². The largest absolute Gasteiger partial charge is 0.309 e. The van der Waals surface area contributed by atoms with Crippen LogP contribution in [0.1, 0.15) is 0 Å². The van der Waals surface area contributed by atoms with E-state index in [0.29, 0.717) is 0 Å². The van der Waals surface area contributed by atoms with Crippen molar-refractivity contribution in [2.75, 3.05) is 0 Å². The van der Waals surface area contributed by atoms with Crippen LogP contribution in [0.3, 0.4) is 0 Å². The standard InChI is InChI=1S/C42H28BrN/c43-35-12-8-11-33(27-35)29-17-19-30(20-18-29)34-23-26-40-39-15-6-7-16-41(39)44(42(40)28-34)36-24-21-32(22-25-36)38-14-5-4-13-37(38)31-9-2-1-3-10-31/h1-28H. The van der Waals surface area contributed by atoms with E-state index < -0.39 is 0 Å². The van der Waals surface area contributed by atoms with Gasteiger partial charge in [-0.25, -0.2) is 0 Å². The van der Waals surface area contributed by atoms with Crippen LogP contribution in [-0.2, 0) is 0 Å². The second-order valence-corrected chi connectivity index (χ2v) is 12.0. The van der Waals surface area contributed by atoms with Crippen LogP contribution < -0.4 is 0 Å². The topological polar surface area (TPSA) is 4.93 Å². The molecule has 0 saturated carbocycles. The molecule has 0 aliphatic rings. The molecule has 1 heterocycles. The minimum atomic E-state index is 1.09. The van der Waals surface area contributed by atoms with Gasteiger partial charge in [-0.15, -0.1) is 0 Å². The van der Waals surface area contributed by atoms with Crippen molar-refractivity contribution in [1.29, 1.82) is 0 Å². The molecule has 7 aromatic carbocycles. The zero-order valence-electron chi connectivity index (χ0n) is 24.0. The van der Waals surface area contributed by atoms with E-state index in [9.17, 15) is 0 Å². The Morgan fingerprint density at radius 1 is 0.341 bits per heavy atom. The average Bonchev–Trinajstić information content (AvgIpc) is 3.42. The quantitative estimate of drug-likeness (QED) is 0.179. The van der Waals surface area contributed by atoms with E-state index in [1.807, 2.05) is 0 Å². The molecule has 0 aliphatic heterocycles. The molecule has 0 saturated heterocycles. The molecule has 0 atom stereocenters. The van der Waals surface area contributed by atoms with Gasteiger partial charge in [0, 0.05) is 20.9 Å². The fourth-order valence-corrected chi connectivity index (χ4v) is 6.75. The number of nitrogens with zero attached hydrogens (tertiary/aromatic N) is 1. The molecule has 0 aliphatic carbocycles. The zero-order valence-corrected chi connectivity index (χ0v) is 25.6. The smallest absolute Gasteiger partial charge is 0.0547 e. The number of fused-ring (bicyclic) bond motifs is 3. The van der Waals surface area contributed by atoms with Gasteiger partial charge in [-0.2, -0.15) is 0 Å². The average molecular weight is 627 g/mol. The highest BCUT2D eigenvalue weighted by atomic mass is 79.9. The summed E-state index contributed by atoms with van der Waals surface area (Å²) in [6, 6.07) is 61.2. The summed E-state index contributed by atoms with van der Waals surface area (Å²) in [7, 11) is 0. The zero-order chi connectivity index (χ0) is 29.5. The van der Waals surface area contributed by atoms with Gasteiger partial charge >= 0.3 is 0 Å². The van der Waals surface area contributed by atoms with E-state index in [1.165, 1.54) is 66.3 Å². The molecule has 8 rings (SSSR count). The molecule has 8 aromatic rings. The summed E-state index contributed by atoms with van der Waals surface area (Å²) >= 11 is 3.60. The third-order valence-corrected chi connectivity index (χ3v) is 8.99. The molecule has 1 nitrogen and oxygen atoms in total. The van der Waals surface area contributed by atoms with Crippen molar-refractivity contribution in [2.24, 2.45) is 0 Å². The maximum atomic E-state index is 3.60. The molecule has 2 heteroatoms. The highest BCUT2D eigenvalue weighted by Gasteiger charge is 2.14. The fraction of sp³-hybridized carbons (Fsp3) is 0. The molecule has 208 valence electrons. The number of hydrogen-bond donors (Lipinski definition) is 0. The van der Waals surface area contributed by atoms with Gasteiger partial charge in [0.05, 0.1) is 11.0 Å². The summed E-state index contributed by atoms with van der Waals surface area (Å²) in [6.45, 7) is 0. The minimum absolute atomic E-state index is 1.09. The van der Waals surface area contributed by atoms with E-state index in [1.54, 1.807) is 0 Å². The maximum absolute atomic E-state index is 3.60. The Morgan fingerprint density at radius 2 is 0.864 bits per heavy atom. The molecule has 0 spiro atoms. The first kappa shape index (κ1) is 26.4. The molecule has 0 N–H and O–H groups in total. The summed E-state index contributed by atoms with van der Waals surface area (Å²) in [6.07, 6.45) is 0. The van der Waals surface area contributed by atoms with Crippen molar-refractivity contribution in [1.82, 2.24) is 4.57 Å². The van der Waals surface area contributed by atoms with Gasteiger partial charge in [0.1, 0.15) is 0 Å². The lowest BCUT2D eigenvalue weighted by Gasteiger charge is -2.13. The fourth-order valence-electron chi connectivity index (χ4n) is 6.35. The number of rotatable bonds is 5. The normalized spacial score (nSPS) is 11.3. The second kappa shape index (κ2) is 11.1. The number of para-hydroxylation sites is 1. The number of aromatic nitrogens is 1. The summed E-state index contributed by atoms with van der Waals surface area (Å²) in [5.74, 6) is 0. The Hall–Kier alpha value is -5.18. The third-order valence-electron chi connectivity index (χ3n) is 8.50. The molecule has 0 fully saturated rings. The van der Waals surface area contributed by atoms with E-state index in [2.05, 4.69) is 190 Å². The van der Waals surface area contributed by atoms with E-state index in [-0.39, 0.29) is 0 Å². The van der Waals surface area contributed by atoms with Crippen molar-refractivity contribution in [3.05, 3.63) is 174 Å². The van der Waals surface area contributed by atoms with Crippen LogP contribution in [0.15, 0.2) is 174 Å². The molecular formula is C42H28BrN. The molecule has 1 aromatic heterocycles. The van der Waals surface area contributed by atoms with E-state index in [0.717, 1.165) is 10.2 Å². The van der Waals surface area contributed by atoms with Crippen molar-refractivity contribution < 1.29 is 0 Å². The first-order chi connectivity index (χ1) is 21.7. The van der Waals surface area contributed by atoms with Crippen LogP contribution in [0.2, 0.25) is 0 Å². The lowest BCUT2D eigenvalue weighted by molar-refractivity contribution is 1.18. The lowest BCUT2D eigenvalue weighted by Crippen LogP contribution is -1.94. The second-order valence-electron chi connectivity index (χ2n) is 11.1. The van der Waals surface area contributed by atoms with Crippen molar-refractivity contribution in [3.8, 4) is 50.2 Å². The molecule has 0 bridgehead atoms. The molecular weight excluding hydrogens is 598 g/mol. The van der Waals surface area contributed by atoms with Crippen LogP contribution in [-0.4, -0.2) is 4.57 Å². The monoisotopic (exact) mass is 625 g/mol. The Balaban J connectivity index is 1.21. The van der Waals surface area contributed by atoms with Crippen LogP contribution in [0.5, 0.6) is 0 Å². The van der Waals surface area contributed by atoms with Gasteiger partial charge in [-0.05, 0) is 80.9 Å². The molecule has 0 amide bonds. The summed E-state index contributed by atoms with van der Waals surface area (Å²) < 4.78 is 3.49. The number of halogens is 1. The van der Waals surface area contributed by atoms with Crippen LogP contribution in [0, 0.1) is 0 Å². The lowest BCUT2D eigenvalue weighted by atomic mass is 9.94. The van der Waals surface area contributed by atoms with Crippen LogP contribution >= 0.6 is 15.9 Å². The predicted molar refractivity (Wildman–Crippen MR) is 190 cm³/mol. The minimum Gasteiger partial charge on any atom is -0.309 e. The highest BCUT2D eigenvalue weighted by Crippen LogP contribution is 2.37. The summed E-state index contributed by atoms with van der Waals surface area (Å²) in [5, 5.41) is 2.52. The van der Waals surface area contributed by atoms with Gasteiger partial charge in [-0.1, -0.05) is 149 Å². The van der Waals surface area contributed by atoms with Gasteiger partial charge < -0.3 is 4.57 Å². The van der Waals surface area contributed by atoms with Crippen molar-refractivity contribution in [2.45, 2.75) is 0 Å². The van der Waals surface area contributed by atoms with Crippen LogP contribution in [0.25, 0.3) is 72.0 Å². The molecule has 44 heavy (non-hydrogen) atoms. The molecule has 0 radical (unpaired) electrons. The first-order valence-electron chi connectivity index (χ1n) is 14.9. The first-order valence-corrected chi connectivity index (χ1v) is 15.7.